The highest BCUT2D eigenvalue weighted by molar-refractivity contribution is 7.87. The van der Waals surface area contributed by atoms with Gasteiger partial charge >= 0.3 is 16.4 Å². The summed E-state index contributed by atoms with van der Waals surface area (Å²) in [7, 11) is -2.02. The van der Waals surface area contributed by atoms with E-state index in [0.717, 1.165) is 26.4 Å². The van der Waals surface area contributed by atoms with Crippen molar-refractivity contribution in [3.8, 4) is 17.4 Å². The molecule has 15 heteroatoms. The van der Waals surface area contributed by atoms with Gasteiger partial charge in [0.15, 0.2) is 18.2 Å². The smallest absolute Gasteiger partial charge is 0.422 e. The van der Waals surface area contributed by atoms with Crippen LogP contribution in [0.1, 0.15) is 10.4 Å². The molecular weight excluding hydrogens is 477 g/mol. The van der Waals surface area contributed by atoms with Crippen LogP contribution in [0.5, 0.6) is 17.4 Å². The monoisotopic (exact) mass is 489 g/mol. The molecule has 0 fully saturated rings. The first-order valence-electron chi connectivity index (χ1n) is 7.96. The topological polar surface area (TPSA) is 97.8 Å². The standard InChI is InChI=1S/C16H13ClF5N3O5S/c1-25(2)31(27,28)24-14(26)9-4-12(19)13(5-11(9)18)30-8-3-10(17)15(23-6-8)29-7-16(20,21)22/h3-6H,7H2,1-2H3,(H,24,26). The van der Waals surface area contributed by atoms with Gasteiger partial charge in [-0.1, -0.05) is 11.6 Å². The lowest BCUT2D eigenvalue weighted by atomic mass is 10.2. The molecule has 0 saturated carbocycles. The van der Waals surface area contributed by atoms with Gasteiger partial charge in [0.05, 0.1) is 11.8 Å². The molecule has 1 heterocycles. The normalized spacial score (nSPS) is 12.0. The van der Waals surface area contributed by atoms with Gasteiger partial charge in [0.1, 0.15) is 16.6 Å². The number of aromatic nitrogens is 1. The second-order valence-electron chi connectivity index (χ2n) is 5.95. The first-order valence-corrected chi connectivity index (χ1v) is 9.78. The van der Waals surface area contributed by atoms with Crippen molar-refractivity contribution in [2.45, 2.75) is 6.18 Å². The van der Waals surface area contributed by atoms with Gasteiger partial charge in [0, 0.05) is 26.2 Å². The number of pyridine rings is 1. The third-order valence-electron chi connectivity index (χ3n) is 3.35. The van der Waals surface area contributed by atoms with E-state index in [1.54, 1.807) is 0 Å². The van der Waals surface area contributed by atoms with Crippen LogP contribution >= 0.6 is 11.6 Å². The molecule has 31 heavy (non-hydrogen) atoms. The van der Waals surface area contributed by atoms with E-state index in [0.29, 0.717) is 16.4 Å². The zero-order valence-electron chi connectivity index (χ0n) is 15.6. The Bertz CT molecular complexity index is 1100. The Morgan fingerprint density at radius 1 is 1.19 bits per heavy atom. The molecular formula is C16H13ClF5N3O5S. The number of nitrogens with one attached hydrogen (secondary N) is 1. The molecule has 0 bridgehead atoms. The van der Waals surface area contributed by atoms with Crippen molar-refractivity contribution in [1.29, 1.82) is 0 Å². The first kappa shape index (κ1) is 24.6. The number of hydrogen-bond acceptors (Lipinski definition) is 6. The molecule has 0 atom stereocenters. The summed E-state index contributed by atoms with van der Waals surface area (Å²) in [4.78, 5) is 15.4. The van der Waals surface area contributed by atoms with Crippen LogP contribution in [0.4, 0.5) is 22.0 Å². The first-order chi connectivity index (χ1) is 14.2. The minimum Gasteiger partial charge on any atom is -0.467 e. The Morgan fingerprint density at radius 3 is 2.39 bits per heavy atom. The lowest BCUT2D eigenvalue weighted by Gasteiger charge is -2.14. The fraction of sp³-hybridized carbons (Fsp3) is 0.250. The second kappa shape index (κ2) is 9.20. The predicted octanol–water partition coefficient (Wildman–Crippen LogP) is 3.28. The maximum atomic E-state index is 14.3. The largest absolute Gasteiger partial charge is 0.467 e. The number of hydrogen-bond donors (Lipinski definition) is 1. The fourth-order valence-corrected chi connectivity index (χ4v) is 2.63. The van der Waals surface area contributed by atoms with Gasteiger partial charge in [-0.2, -0.15) is 25.9 Å². The van der Waals surface area contributed by atoms with Crippen molar-refractivity contribution in [3.63, 3.8) is 0 Å². The summed E-state index contributed by atoms with van der Waals surface area (Å²) in [6, 6.07) is 1.82. The van der Waals surface area contributed by atoms with Crippen molar-refractivity contribution >= 4 is 27.7 Å². The average Bonchev–Trinajstić information content (AvgIpc) is 2.62. The quantitative estimate of drug-likeness (QED) is 0.599. The molecule has 0 aliphatic heterocycles. The average molecular weight is 490 g/mol. The summed E-state index contributed by atoms with van der Waals surface area (Å²) in [5, 5.41) is -0.396. The summed E-state index contributed by atoms with van der Waals surface area (Å²) < 4.78 is 99.9. The number of rotatable bonds is 7. The molecule has 1 aromatic heterocycles. The van der Waals surface area contributed by atoms with Crippen LogP contribution in [0.25, 0.3) is 0 Å². The number of carbonyl (C=O) groups is 1. The SMILES string of the molecule is CN(C)S(=O)(=O)NC(=O)c1cc(F)c(Oc2cnc(OCC(F)(F)F)c(Cl)c2)cc1F. The molecule has 2 aromatic rings. The third kappa shape index (κ3) is 6.63. The molecule has 1 N–H and O–H groups in total. The highest BCUT2D eigenvalue weighted by atomic mass is 35.5. The van der Waals surface area contributed by atoms with Crippen LogP contribution in [-0.4, -0.2) is 50.5 Å². The van der Waals surface area contributed by atoms with Crippen molar-refractivity contribution in [3.05, 3.63) is 46.6 Å². The number of ether oxygens (including phenoxy) is 2. The van der Waals surface area contributed by atoms with Crippen molar-refractivity contribution < 1.29 is 44.6 Å². The third-order valence-corrected chi connectivity index (χ3v) is 5.03. The van der Waals surface area contributed by atoms with Crippen molar-refractivity contribution in [1.82, 2.24) is 14.0 Å². The molecule has 0 aliphatic rings. The Kier molecular flexibility index (Phi) is 7.28. The zero-order chi connectivity index (χ0) is 23.6. The molecule has 1 aromatic carbocycles. The fourth-order valence-electron chi connectivity index (χ4n) is 1.89. The molecule has 8 nitrogen and oxygen atoms in total. The highest BCUT2D eigenvalue weighted by Gasteiger charge is 2.29. The van der Waals surface area contributed by atoms with Crippen LogP contribution < -0.4 is 14.2 Å². The van der Waals surface area contributed by atoms with Crippen LogP contribution in [0.15, 0.2) is 24.4 Å². The van der Waals surface area contributed by atoms with Gasteiger partial charge in [0.25, 0.3) is 5.91 Å². The molecule has 0 saturated heterocycles. The van der Waals surface area contributed by atoms with Gasteiger partial charge in [-0.3, -0.25) is 4.79 Å². The van der Waals surface area contributed by atoms with Gasteiger partial charge in [0.2, 0.25) is 5.88 Å². The minimum atomic E-state index is -4.62. The Labute approximate surface area is 177 Å². The number of alkyl halides is 3. The van der Waals surface area contributed by atoms with Gasteiger partial charge in [-0.05, 0) is 6.07 Å². The van der Waals surface area contributed by atoms with E-state index in [4.69, 9.17) is 16.3 Å². The highest BCUT2D eigenvalue weighted by Crippen LogP contribution is 2.32. The van der Waals surface area contributed by atoms with Gasteiger partial charge in [-0.25, -0.2) is 18.5 Å². The Balaban J connectivity index is 2.21. The molecule has 0 aliphatic carbocycles. The molecule has 2 rings (SSSR count). The van der Waals surface area contributed by atoms with Gasteiger partial charge < -0.3 is 9.47 Å². The Morgan fingerprint density at radius 2 is 1.84 bits per heavy atom. The van der Waals surface area contributed by atoms with Crippen molar-refractivity contribution in [2.75, 3.05) is 20.7 Å². The summed E-state index contributed by atoms with van der Waals surface area (Å²) in [6.45, 7) is -1.65. The Hall–Kier alpha value is -2.71. The van der Waals surface area contributed by atoms with E-state index in [2.05, 4.69) is 9.72 Å². The van der Waals surface area contributed by atoms with Crippen LogP contribution in [-0.2, 0) is 10.2 Å². The molecule has 170 valence electrons. The van der Waals surface area contributed by atoms with E-state index >= 15 is 0 Å². The van der Waals surface area contributed by atoms with Crippen LogP contribution in [0.2, 0.25) is 5.02 Å². The second-order valence-corrected chi connectivity index (χ2v) is 8.24. The summed E-state index contributed by atoms with van der Waals surface area (Å²) in [6.07, 6.45) is -3.78. The lowest BCUT2D eigenvalue weighted by molar-refractivity contribution is -0.154. The van der Waals surface area contributed by atoms with Crippen LogP contribution in [0.3, 0.4) is 0 Å². The summed E-state index contributed by atoms with van der Waals surface area (Å²) >= 11 is 5.73. The van der Waals surface area contributed by atoms with Crippen LogP contribution in [0, 0.1) is 11.6 Å². The summed E-state index contributed by atoms with van der Waals surface area (Å²) in [5.41, 5.74) is -0.915. The van der Waals surface area contributed by atoms with E-state index in [1.165, 1.54) is 4.72 Å². The molecule has 0 radical (unpaired) electrons. The van der Waals surface area contributed by atoms with E-state index in [1.807, 2.05) is 0 Å². The minimum absolute atomic E-state index is 0.282. The summed E-state index contributed by atoms with van der Waals surface area (Å²) in [5.74, 6) is -5.56. The van der Waals surface area contributed by atoms with Crippen molar-refractivity contribution in [2.24, 2.45) is 0 Å². The van der Waals surface area contributed by atoms with E-state index in [-0.39, 0.29) is 5.75 Å². The number of halogens is 6. The van der Waals surface area contributed by atoms with E-state index in [9.17, 15) is 35.2 Å². The number of amides is 1. The maximum absolute atomic E-state index is 14.3. The predicted molar refractivity (Wildman–Crippen MR) is 97.3 cm³/mol. The molecule has 0 spiro atoms. The number of carbonyl (C=O) groups excluding carboxylic acids is 1. The maximum Gasteiger partial charge on any atom is 0.422 e. The zero-order valence-corrected chi connectivity index (χ0v) is 17.2. The van der Waals surface area contributed by atoms with Gasteiger partial charge in [-0.15, -0.1) is 0 Å². The number of nitrogens with zero attached hydrogens (tertiary/aromatic N) is 2. The lowest BCUT2D eigenvalue weighted by Crippen LogP contribution is -2.39. The molecule has 0 unspecified atom stereocenters. The van der Waals surface area contributed by atoms with E-state index < -0.39 is 62.7 Å². The number of benzene rings is 1. The molecule has 1 amide bonds.